The minimum Gasteiger partial charge on any atom is -0.339 e. The standard InChI is InChI=1S/C21H28BrN3O/c1-16(2)19(15-23)24-11-13-25(14-12-24)20(26)21(9-3-4-10-21)17-5-7-18(22)8-6-17/h5-8,16,19H,3-4,9-14H2,1-2H3. The first-order valence-electron chi connectivity index (χ1n) is 9.67. The second-order valence-electron chi connectivity index (χ2n) is 7.94. The molecule has 1 aliphatic heterocycles. The van der Waals surface area contributed by atoms with Gasteiger partial charge in [0.1, 0.15) is 6.04 Å². The number of nitrogens with zero attached hydrogens (tertiary/aromatic N) is 3. The second kappa shape index (κ2) is 8.10. The average Bonchev–Trinajstić information content (AvgIpc) is 3.13. The van der Waals surface area contributed by atoms with Crippen molar-refractivity contribution in [2.45, 2.75) is 51.0 Å². The maximum atomic E-state index is 13.5. The number of piperazine rings is 1. The van der Waals surface area contributed by atoms with E-state index in [2.05, 4.69) is 52.9 Å². The van der Waals surface area contributed by atoms with Crippen LogP contribution in [0.4, 0.5) is 0 Å². The Labute approximate surface area is 165 Å². The van der Waals surface area contributed by atoms with Crippen molar-refractivity contribution in [1.29, 1.82) is 5.26 Å². The molecule has 1 amide bonds. The smallest absolute Gasteiger partial charge is 0.233 e. The molecule has 4 nitrogen and oxygen atoms in total. The number of carbonyl (C=O) groups excluding carboxylic acids is 1. The lowest BCUT2D eigenvalue weighted by molar-refractivity contribution is -0.139. The van der Waals surface area contributed by atoms with Crippen LogP contribution < -0.4 is 0 Å². The molecule has 2 fully saturated rings. The van der Waals surface area contributed by atoms with Crippen LogP contribution in [0.3, 0.4) is 0 Å². The molecule has 0 radical (unpaired) electrons. The van der Waals surface area contributed by atoms with Gasteiger partial charge >= 0.3 is 0 Å². The topological polar surface area (TPSA) is 47.3 Å². The zero-order valence-corrected chi connectivity index (χ0v) is 17.3. The lowest BCUT2D eigenvalue weighted by Gasteiger charge is -2.41. The average molecular weight is 418 g/mol. The molecule has 1 atom stereocenters. The highest BCUT2D eigenvalue weighted by Gasteiger charge is 2.45. The first kappa shape index (κ1) is 19.4. The zero-order chi connectivity index (χ0) is 18.7. The van der Waals surface area contributed by atoms with Crippen LogP contribution in [0.15, 0.2) is 28.7 Å². The quantitative estimate of drug-likeness (QED) is 0.744. The summed E-state index contributed by atoms with van der Waals surface area (Å²) in [5, 5.41) is 9.43. The number of nitriles is 1. The van der Waals surface area contributed by atoms with Gasteiger partial charge in [-0.15, -0.1) is 0 Å². The second-order valence-corrected chi connectivity index (χ2v) is 8.86. The number of carbonyl (C=O) groups is 1. The molecule has 0 bridgehead atoms. The summed E-state index contributed by atoms with van der Waals surface area (Å²) in [6, 6.07) is 10.7. The third-order valence-corrected chi connectivity index (χ3v) is 6.55. The van der Waals surface area contributed by atoms with Gasteiger partial charge in [-0.1, -0.05) is 54.8 Å². The predicted octanol–water partition coefficient (Wildman–Crippen LogP) is 3.95. The fraction of sp³-hybridized carbons (Fsp3) is 0.619. The summed E-state index contributed by atoms with van der Waals surface area (Å²) in [5.41, 5.74) is 0.804. The van der Waals surface area contributed by atoms with E-state index in [1.165, 1.54) is 0 Å². The molecular formula is C21H28BrN3O. The fourth-order valence-electron chi connectivity index (χ4n) is 4.53. The first-order valence-corrected chi connectivity index (χ1v) is 10.5. The third-order valence-electron chi connectivity index (χ3n) is 6.02. The maximum absolute atomic E-state index is 13.5. The van der Waals surface area contributed by atoms with E-state index < -0.39 is 0 Å². The maximum Gasteiger partial charge on any atom is 0.233 e. The molecule has 1 unspecified atom stereocenters. The van der Waals surface area contributed by atoms with Crippen LogP contribution in [0.5, 0.6) is 0 Å². The Morgan fingerprint density at radius 1 is 1.12 bits per heavy atom. The summed E-state index contributed by atoms with van der Waals surface area (Å²) < 4.78 is 1.05. The van der Waals surface area contributed by atoms with Crippen molar-refractivity contribution in [3.63, 3.8) is 0 Å². The van der Waals surface area contributed by atoms with E-state index in [0.717, 1.165) is 61.9 Å². The molecule has 1 saturated heterocycles. The van der Waals surface area contributed by atoms with Crippen molar-refractivity contribution in [3.05, 3.63) is 34.3 Å². The highest BCUT2D eigenvalue weighted by molar-refractivity contribution is 9.10. The van der Waals surface area contributed by atoms with Gasteiger partial charge < -0.3 is 4.90 Å². The van der Waals surface area contributed by atoms with Gasteiger partial charge in [0, 0.05) is 30.7 Å². The van der Waals surface area contributed by atoms with Crippen LogP contribution in [0.2, 0.25) is 0 Å². The zero-order valence-electron chi connectivity index (χ0n) is 15.7. The molecule has 26 heavy (non-hydrogen) atoms. The van der Waals surface area contributed by atoms with Gasteiger partial charge in [0.05, 0.1) is 11.5 Å². The lowest BCUT2D eigenvalue weighted by atomic mass is 9.77. The van der Waals surface area contributed by atoms with Gasteiger partial charge in [-0.05, 0) is 36.5 Å². The van der Waals surface area contributed by atoms with E-state index in [1.807, 2.05) is 17.0 Å². The van der Waals surface area contributed by atoms with Crippen LogP contribution in [0, 0.1) is 17.2 Å². The molecule has 1 aliphatic carbocycles. The van der Waals surface area contributed by atoms with E-state index in [9.17, 15) is 10.1 Å². The lowest BCUT2D eigenvalue weighted by Crippen LogP contribution is -2.56. The number of rotatable bonds is 4. The monoisotopic (exact) mass is 417 g/mol. The summed E-state index contributed by atoms with van der Waals surface area (Å²) in [4.78, 5) is 17.8. The summed E-state index contributed by atoms with van der Waals surface area (Å²) >= 11 is 3.50. The third kappa shape index (κ3) is 3.68. The molecular weight excluding hydrogens is 390 g/mol. The van der Waals surface area contributed by atoms with Crippen molar-refractivity contribution in [3.8, 4) is 6.07 Å². The van der Waals surface area contributed by atoms with Crippen LogP contribution in [-0.4, -0.2) is 47.9 Å². The molecule has 1 saturated carbocycles. The van der Waals surface area contributed by atoms with Crippen molar-refractivity contribution in [2.75, 3.05) is 26.2 Å². The number of hydrogen-bond donors (Lipinski definition) is 0. The Balaban J connectivity index is 1.74. The van der Waals surface area contributed by atoms with E-state index in [-0.39, 0.29) is 17.4 Å². The Bertz CT molecular complexity index is 665. The van der Waals surface area contributed by atoms with Crippen LogP contribution >= 0.6 is 15.9 Å². The SMILES string of the molecule is CC(C)C(C#N)N1CCN(C(=O)C2(c3ccc(Br)cc3)CCCC2)CC1. The van der Waals surface area contributed by atoms with Crippen molar-refractivity contribution >= 4 is 21.8 Å². The van der Waals surface area contributed by atoms with Crippen molar-refractivity contribution < 1.29 is 4.79 Å². The minimum atomic E-state index is -0.352. The van der Waals surface area contributed by atoms with E-state index in [0.29, 0.717) is 5.92 Å². The molecule has 2 aliphatic rings. The Morgan fingerprint density at radius 3 is 2.19 bits per heavy atom. The van der Waals surface area contributed by atoms with E-state index in [1.54, 1.807) is 0 Å². The van der Waals surface area contributed by atoms with Gasteiger partial charge in [0.2, 0.25) is 5.91 Å². The molecule has 1 aromatic carbocycles. The number of amides is 1. The molecule has 0 aromatic heterocycles. The van der Waals surface area contributed by atoms with E-state index >= 15 is 0 Å². The van der Waals surface area contributed by atoms with Crippen molar-refractivity contribution in [2.24, 2.45) is 5.92 Å². The normalized spacial score (nSPS) is 21.6. The van der Waals surface area contributed by atoms with Gasteiger partial charge in [0.25, 0.3) is 0 Å². The van der Waals surface area contributed by atoms with Crippen LogP contribution in [0.25, 0.3) is 0 Å². The Morgan fingerprint density at radius 2 is 1.69 bits per heavy atom. The summed E-state index contributed by atoms with van der Waals surface area (Å²) in [7, 11) is 0. The molecule has 140 valence electrons. The van der Waals surface area contributed by atoms with Gasteiger partial charge in [-0.2, -0.15) is 5.26 Å². The van der Waals surface area contributed by atoms with E-state index in [4.69, 9.17) is 0 Å². The van der Waals surface area contributed by atoms with Crippen LogP contribution in [-0.2, 0) is 10.2 Å². The van der Waals surface area contributed by atoms with Crippen LogP contribution in [0.1, 0.15) is 45.1 Å². The first-order chi connectivity index (χ1) is 12.5. The summed E-state index contributed by atoms with van der Waals surface area (Å²) in [5.74, 6) is 0.598. The van der Waals surface area contributed by atoms with Gasteiger partial charge in [-0.3, -0.25) is 9.69 Å². The number of hydrogen-bond acceptors (Lipinski definition) is 3. The molecule has 1 heterocycles. The Kier molecular flexibility index (Phi) is 6.04. The number of benzene rings is 1. The molecule has 1 aromatic rings. The molecule has 0 spiro atoms. The summed E-state index contributed by atoms with van der Waals surface area (Å²) in [6.45, 7) is 7.21. The van der Waals surface area contributed by atoms with Crippen molar-refractivity contribution in [1.82, 2.24) is 9.80 Å². The highest BCUT2D eigenvalue weighted by Crippen LogP contribution is 2.43. The molecule has 0 N–H and O–H groups in total. The fourth-order valence-corrected chi connectivity index (χ4v) is 4.80. The molecule has 5 heteroatoms. The Hall–Kier alpha value is -1.38. The van der Waals surface area contributed by atoms with Gasteiger partial charge in [0.15, 0.2) is 0 Å². The molecule has 3 rings (SSSR count). The number of halogens is 1. The predicted molar refractivity (Wildman–Crippen MR) is 107 cm³/mol. The largest absolute Gasteiger partial charge is 0.339 e. The summed E-state index contributed by atoms with van der Waals surface area (Å²) in [6.07, 6.45) is 4.12. The minimum absolute atomic E-state index is 0.0563. The van der Waals surface area contributed by atoms with Gasteiger partial charge in [-0.25, -0.2) is 0 Å². The highest BCUT2D eigenvalue weighted by atomic mass is 79.9.